The number of alkyl carbamates (subject to hydrolysis) is 1. The first-order valence-electron chi connectivity index (χ1n) is 7.67. The van der Waals surface area contributed by atoms with Crippen molar-refractivity contribution in [2.75, 3.05) is 19.8 Å². The largest absolute Gasteiger partial charge is 0.656 e. The molecular formula is C13H24NO10P2-. The van der Waals surface area contributed by atoms with Crippen LogP contribution in [0.2, 0.25) is 0 Å². The van der Waals surface area contributed by atoms with Crippen molar-refractivity contribution in [3.8, 4) is 0 Å². The van der Waals surface area contributed by atoms with Gasteiger partial charge in [-0.2, -0.15) is 0 Å². The molecule has 0 saturated carbocycles. The SMILES string of the molecule is C=C(C)C(=O)OCCOC(=O)NCCCCCC([P+]([O-])([O-])O)[P+]([O-])(O)O. The van der Waals surface area contributed by atoms with E-state index in [1.54, 1.807) is 0 Å². The summed E-state index contributed by atoms with van der Waals surface area (Å²) in [5.74, 6) is -0.590. The van der Waals surface area contributed by atoms with E-state index in [2.05, 4.69) is 11.9 Å². The second-order valence-electron chi connectivity index (χ2n) is 5.46. The number of hydrogen-bond donors (Lipinski definition) is 4. The van der Waals surface area contributed by atoms with Crippen LogP contribution >= 0.6 is 15.9 Å². The predicted molar refractivity (Wildman–Crippen MR) is 87.9 cm³/mol. The van der Waals surface area contributed by atoms with Crippen molar-refractivity contribution in [1.29, 1.82) is 0 Å². The standard InChI is InChI=1S/C13H25NO10P2/c1-10(2)12(15)23-8-9-24-13(16)14-7-5-3-4-6-11(25(17,18)19)26(20,21)22/h11H,1,3-9H2,2H3,(H,14,16)(H2,17,18,19)(H2,20,21,22)/p-1. The zero-order chi connectivity index (χ0) is 20.4. The van der Waals surface area contributed by atoms with E-state index in [1.807, 2.05) is 0 Å². The van der Waals surface area contributed by atoms with Gasteiger partial charge in [0.2, 0.25) is 5.40 Å². The van der Waals surface area contributed by atoms with Crippen LogP contribution < -0.4 is 20.0 Å². The summed E-state index contributed by atoms with van der Waals surface area (Å²) in [5.41, 5.74) is 0.227. The molecule has 0 rings (SSSR count). The highest BCUT2D eigenvalue weighted by Crippen LogP contribution is 2.63. The van der Waals surface area contributed by atoms with E-state index in [-0.39, 0.29) is 38.2 Å². The number of amides is 1. The van der Waals surface area contributed by atoms with E-state index >= 15 is 0 Å². The monoisotopic (exact) mass is 416 g/mol. The molecule has 0 radical (unpaired) electrons. The molecule has 0 aliphatic carbocycles. The molecule has 11 nitrogen and oxygen atoms in total. The summed E-state index contributed by atoms with van der Waals surface area (Å²) in [6.45, 7) is 4.81. The van der Waals surface area contributed by atoms with Crippen LogP contribution in [0.3, 0.4) is 0 Å². The van der Waals surface area contributed by atoms with Gasteiger partial charge in [-0.1, -0.05) is 13.0 Å². The summed E-state index contributed by atoms with van der Waals surface area (Å²) >= 11 is 0. The first-order valence-corrected chi connectivity index (χ1v) is 11.0. The number of esters is 1. The Kier molecular flexibility index (Phi) is 11.3. The Balaban J connectivity index is 3.81. The van der Waals surface area contributed by atoms with Crippen LogP contribution in [0, 0.1) is 0 Å². The quantitative estimate of drug-likeness (QED) is 0.123. The van der Waals surface area contributed by atoms with Crippen molar-refractivity contribution < 1.29 is 48.4 Å². The normalized spacial score (nSPS) is 13.0. The molecule has 152 valence electrons. The molecule has 13 heteroatoms. The molecule has 1 amide bonds. The van der Waals surface area contributed by atoms with Gasteiger partial charge >= 0.3 is 12.1 Å². The van der Waals surface area contributed by atoms with Gasteiger partial charge in [0.05, 0.1) is 7.94 Å². The Morgan fingerprint density at radius 3 is 2.15 bits per heavy atom. The number of rotatable bonds is 12. The molecule has 0 aromatic heterocycles. The smallest absolute Gasteiger partial charge is 0.407 e. The van der Waals surface area contributed by atoms with Gasteiger partial charge in [0.1, 0.15) is 13.2 Å². The molecule has 0 spiro atoms. The summed E-state index contributed by atoms with van der Waals surface area (Å²) in [4.78, 5) is 82.1. The van der Waals surface area contributed by atoms with Gasteiger partial charge in [0.15, 0.2) is 0 Å². The van der Waals surface area contributed by atoms with E-state index in [0.717, 1.165) is 0 Å². The summed E-state index contributed by atoms with van der Waals surface area (Å²) in [6, 6.07) is 0. The molecular weight excluding hydrogens is 392 g/mol. The van der Waals surface area contributed by atoms with Crippen molar-refractivity contribution in [2.45, 2.75) is 38.0 Å². The molecule has 0 aromatic rings. The Hall–Kier alpha value is -0.900. The molecule has 0 bridgehead atoms. The Labute approximate surface area is 152 Å². The number of nitrogens with one attached hydrogen (secondary N) is 1. The van der Waals surface area contributed by atoms with Crippen molar-refractivity contribution in [3.05, 3.63) is 12.2 Å². The minimum atomic E-state index is -5.14. The predicted octanol–water partition coefficient (Wildman–Crippen LogP) is -1.70. The third-order valence-electron chi connectivity index (χ3n) is 3.07. The van der Waals surface area contributed by atoms with Crippen LogP contribution in [0.15, 0.2) is 12.2 Å². The third-order valence-corrected chi connectivity index (χ3v) is 6.90. The van der Waals surface area contributed by atoms with Gasteiger partial charge in [-0.15, -0.1) is 0 Å². The maximum Gasteiger partial charge on any atom is 0.407 e. The highest BCUT2D eigenvalue weighted by Gasteiger charge is 2.44. The van der Waals surface area contributed by atoms with Crippen LogP contribution in [0.5, 0.6) is 0 Å². The molecule has 0 heterocycles. The average Bonchev–Trinajstić information content (AvgIpc) is 2.47. The lowest BCUT2D eigenvalue weighted by atomic mass is 10.2. The van der Waals surface area contributed by atoms with Crippen LogP contribution in [-0.2, 0) is 14.3 Å². The van der Waals surface area contributed by atoms with Gasteiger partial charge in [0.25, 0.3) is 7.94 Å². The first-order chi connectivity index (χ1) is 11.9. The van der Waals surface area contributed by atoms with Gasteiger partial charge in [-0.25, -0.2) is 19.4 Å². The van der Waals surface area contributed by atoms with Crippen molar-refractivity contribution in [3.63, 3.8) is 0 Å². The average molecular weight is 416 g/mol. The molecule has 1 unspecified atom stereocenters. The molecule has 0 aliphatic heterocycles. The zero-order valence-corrected chi connectivity index (χ0v) is 16.1. The highest BCUT2D eigenvalue weighted by molar-refractivity contribution is 7.75. The Bertz CT molecular complexity index is 461. The lowest BCUT2D eigenvalue weighted by molar-refractivity contribution is -0.334. The van der Waals surface area contributed by atoms with Crippen LogP contribution in [0.1, 0.15) is 32.6 Å². The Morgan fingerprint density at radius 1 is 1.08 bits per heavy atom. The van der Waals surface area contributed by atoms with Crippen LogP contribution in [0.4, 0.5) is 4.79 Å². The minimum Gasteiger partial charge on any atom is -0.656 e. The number of unbranched alkanes of at least 4 members (excludes halogenated alkanes) is 2. The lowest BCUT2D eigenvalue weighted by Crippen LogP contribution is -2.36. The summed E-state index contributed by atoms with van der Waals surface area (Å²) in [5, 5.41) is 0.288. The van der Waals surface area contributed by atoms with Crippen molar-refractivity contribution in [2.24, 2.45) is 0 Å². The van der Waals surface area contributed by atoms with Gasteiger partial charge in [0, 0.05) is 18.5 Å². The Morgan fingerprint density at radius 2 is 1.65 bits per heavy atom. The molecule has 0 fully saturated rings. The number of hydrogen-bond acceptors (Lipinski definition) is 10. The fraction of sp³-hybridized carbons (Fsp3) is 0.692. The summed E-state index contributed by atoms with van der Waals surface area (Å²) in [6.07, 6.45) is -0.213. The maximum atomic E-state index is 11.3. The first kappa shape index (κ1) is 25.1. The van der Waals surface area contributed by atoms with E-state index in [1.165, 1.54) is 6.92 Å². The summed E-state index contributed by atoms with van der Waals surface area (Å²) in [7, 11) is -10.1. The molecule has 1 atom stereocenters. The topological polar surface area (TPSA) is 194 Å². The third kappa shape index (κ3) is 11.7. The fourth-order valence-corrected chi connectivity index (χ4v) is 4.33. The number of carbonyl (C=O) groups is 2. The van der Waals surface area contributed by atoms with E-state index in [4.69, 9.17) is 24.2 Å². The molecule has 0 aliphatic rings. The molecule has 26 heavy (non-hydrogen) atoms. The van der Waals surface area contributed by atoms with Gasteiger partial charge < -0.3 is 29.5 Å². The maximum absolute atomic E-state index is 11.3. The van der Waals surface area contributed by atoms with Crippen LogP contribution in [-0.4, -0.2) is 51.9 Å². The number of ether oxygens (including phenoxy) is 2. The van der Waals surface area contributed by atoms with Gasteiger partial charge in [-0.05, 0) is 19.8 Å². The van der Waals surface area contributed by atoms with Crippen molar-refractivity contribution >= 4 is 27.9 Å². The highest BCUT2D eigenvalue weighted by atomic mass is 31.3. The van der Waals surface area contributed by atoms with E-state index < -0.39 is 33.3 Å². The van der Waals surface area contributed by atoms with Crippen LogP contribution in [0.25, 0.3) is 0 Å². The zero-order valence-electron chi connectivity index (χ0n) is 14.3. The van der Waals surface area contributed by atoms with Gasteiger partial charge in [-0.3, -0.25) is 4.89 Å². The van der Waals surface area contributed by atoms with Crippen molar-refractivity contribution in [1.82, 2.24) is 5.32 Å². The second-order valence-corrected chi connectivity index (χ2v) is 9.42. The second kappa shape index (κ2) is 11.7. The van der Waals surface area contributed by atoms with E-state index in [9.17, 15) is 24.3 Å². The van der Waals surface area contributed by atoms with E-state index in [0.29, 0.717) is 12.8 Å². The molecule has 4 N–H and O–H groups in total. The molecule has 0 aromatic carbocycles. The number of carbonyl (C=O) groups excluding carboxylic acids is 2. The lowest BCUT2D eigenvalue weighted by Gasteiger charge is -2.37. The fourth-order valence-electron chi connectivity index (χ4n) is 1.78. The summed E-state index contributed by atoms with van der Waals surface area (Å²) < 4.78 is 9.45. The molecule has 0 saturated heterocycles. The minimum absolute atomic E-state index is 0.112.